The molecular weight excluding hydrogens is 321 g/mol. The zero-order chi connectivity index (χ0) is 17.4. The standard InChI is InChI=1S/C17H17F3N2O2/c18-13-3-1-12(2-4-13)9-10-21-16(23)11-22-14-5-7-15(8-6-14)24-17(19)20/h1-8,17,22H,9-11H2,(H,21,23). The summed E-state index contributed by atoms with van der Waals surface area (Å²) >= 11 is 0. The number of anilines is 1. The van der Waals surface area contributed by atoms with Gasteiger partial charge in [0.15, 0.2) is 0 Å². The number of hydrogen-bond donors (Lipinski definition) is 2. The molecule has 0 spiro atoms. The van der Waals surface area contributed by atoms with Crippen molar-refractivity contribution in [1.82, 2.24) is 5.32 Å². The van der Waals surface area contributed by atoms with Gasteiger partial charge in [-0.1, -0.05) is 12.1 Å². The van der Waals surface area contributed by atoms with Gasteiger partial charge in [-0.2, -0.15) is 8.78 Å². The van der Waals surface area contributed by atoms with Crippen LogP contribution < -0.4 is 15.4 Å². The monoisotopic (exact) mass is 338 g/mol. The number of halogens is 3. The van der Waals surface area contributed by atoms with E-state index in [4.69, 9.17) is 0 Å². The second-order valence-corrected chi connectivity index (χ2v) is 4.98. The van der Waals surface area contributed by atoms with Crippen LogP contribution in [-0.4, -0.2) is 25.6 Å². The van der Waals surface area contributed by atoms with Gasteiger partial charge in [0.25, 0.3) is 0 Å². The van der Waals surface area contributed by atoms with E-state index >= 15 is 0 Å². The van der Waals surface area contributed by atoms with Gasteiger partial charge in [0.1, 0.15) is 11.6 Å². The lowest BCUT2D eigenvalue weighted by atomic mass is 10.1. The minimum Gasteiger partial charge on any atom is -0.435 e. The SMILES string of the molecule is O=C(CNc1ccc(OC(F)F)cc1)NCCc1ccc(F)cc1. The molecule has 0 unspecified atom stereocenters. The van der Waals surface area contributed by atoms with Gasteiger partial charge < -0.3 is 15.4 Å². The first-order chi connectivity index (χ1) is 11.5. The third kappa shape index (κ3) is 6.20. The van der Waals surface area contributed by atoms with Crippen molar-refractivity contribution >= 4 is 11.6 Å². The Balaban J connectivity index is 1.68. The summed E-state index contributed by atoms with van der Waals surface area (Å²) in [5.41, 5.74) is 1.55. The molecule has 0 aromatic heterocycles. The number of nitrogens with one attached hydrogen (secondary N) is 2. The Kier molecular flexibility index (Phi) is 6.48. The highest BCUT2D eigenvalue weighted by Gasteiger charge is 2.05. The van der Waals surface area contributed by atoms with Crippen molar-refractivity contribution in [3.05, 3.63) is 59.9 Å². The van der Waals surface area contributed by atoms with E-state index in [9.17, 15) is 18.0 Å². The molecule has 0 fully saturated rings. The molecule has 4 nitrogen and oxygen atoms in total. The zero-order valence-electron chi connectivity index (χ0n) is 12.8. The van der Waals surface area contributed by atoms with Crippen molar-refractivity contribution in [2.24, 2.45) is 0 Å². The van der Waals surface area contributed by atoms with Crippen molar-refractivity contribution in [1.29, 1.82) is 0 Å². The molecule has 0 atom stereocenters. The van der Waals surface area contributed by atoms with Gasteiger partial charge in [-0.25, -0.2) is 4.39 Å². The lowest BCUT2D eigenvalue weighted by molar-refractivity contribution is -0.119. The Bertz CT molecular complexity index is 646. The normalized spacial score (nSPS) is 10.5. The average Bonchev–Trinajstić information content (AvgIpc) is 2.55. The molecule has 0 aliphatic rings. The summed E-state index contributed by atoms with van der Waals surface area (Å²) in [5.74, 6) is -0.443. The van der Waals surface area contributed by atoms with Gasteiger partial charge in [-0.3, -0.25) is 4.79 Å². The van der Waals surface area contributed by atoms with Crippen LogP contribution in [0.4, 0.5) is 18.9 Å². The zero-order valence-corrected chi connectivity index (χ0v) is 12.8. The predicted molar refractivity (Wildman–Crippen MR) is 84.7 cm³/mol. The average molecular weight is 338 g/mol. The molecule has 1 amide bonds. The molecule has 2 N–H and O–H groups in total. The second kappa shape index (κ2) is 8.81. The van der Waals surface area contributed by atoms with Crippen LogP contribution in [0.1, 0.15) is 5.56 Å². The Morgan fingerprint density at radius 1 is 1.04 bits per heavy atom. The highest BCUT2D eigenvalue weighted by atomic mass is 19.3. The number of ether oxygens (including phenoxy) is 1. The van der Waals surface area contributed by atoms with Crippen molar-refractivity contribution in [2.45, 2.75) is 13.0 Å². The van der Waals surface area contributed by atoms with Crippen LogP contribution >= 0.6 is 0 Å². The van der Waals surface area contributed by atoms with Crippen LogP contribution in [0.25, 0.3) is 0 Å². The summed E-state index contributed by atoms with van der Waals surface area (Å²) in [7, 11) is 0. The molecule has 0 saturated heterocycles. The maximum absolute atomic E-state index is 12.8. The van der Waals surface area contributed by atoms with E-state index < -0.39 is 6.61 Å². The maximum atomic E-state index is 12.8. The Morgan fingerprint density at radius 2 is 1.71 bits per heavy atom. The molecular formula is C17H17F3N2O2. The third-order valence-corrected chi connectivity index (χ3v) is 3.18. The van der Waals surface area contributed by atoms with Crippen LogP contribution in [0, 0.1) is 5.82 Å². The number of benzene rings is 2. The van der Waals surface area contributed by atoms with E-state index in [1.807, 2.05) is 0 Å². The molecule has 2 aromatic rings. The summed E-state index contributed by atoms with van der Waals surface area (Å²) in [6, 6.07) is 12.0. The van der Waals surface area contributed by atoms with Crippen molar-refractivity contribution in [3.8, 4) is 5.75 Å². The van der Waals surface area contributed by atoms with E-state index in [1.165, 1.54) is 24.3 Å². The van der Waals surface area contributed by atoms with Gasteiger partial charge in [-0.15, -0.1) is 0 Å². The van der Waals surface area contributed by atoms with E-state index in [-0.39, 0.29) is 24.0 Å². The molecule has 0 radical (unpaired) electrons. The number of rotatable bonds is 8. The quantitative estimate of drug-likeness (QED) is 0.777. The summed E-state index contributed by atoms with van der Waals surface area (Å²) in [5, 5.41) is 5.61. The smallest absolute Gasteiger partial charge is 0.387 e. The van der Waals surface area contributed by atoms with Gasteiger partial charge >= 0.3 is 6.61 Å². The first kappa shape index (κ1) is 17.7. The van der Waals surface area contributed by atoms with Gasteiger partial charge in [0, 0.05) is 12.2 Å². The van der Waals surface area contributed by atoms with Crippen molar-refractivity contribution in [2.75, 3.05) is 18.4 Å². The Hall–Kier alpha value is -2.70. The predicted octanol–water partition coefficient (Wildman–Crippen LogP) is 3.20. The van der Waals surface area contributed by atoms with E-state index in [1.54, 1.807) is 24.3 Å². The lowest BCUT2D eigenvalue weighted by Crippen LogP contribution is -2.31. The highest BCUT2D eigenvalue weighted by Crippen LogP contribution is 2.17. The van der Waals surface area contributed by atoms with Crippen LogP contribution in [0.3, 0.4) is 0 Å². The molecule has 0 aliphatic heterocycles. The first-order valence-corrected chi connectivity index (χ1v) is 7.33. The van der Waals surface area contributed by atoms with Crippen LogP contribution in [-0.2, 0) is 11.2 Å². The maximum Gasteiger partial charge on any atom is 0.387 e. The van der Waals surface area contributed by atoms with Gasteiger partial charge in [0.2, 0.25) is 5.91 Å². The Labute approximate surface area is 137 Å². The lowest BCUT2D eigenvalue weighted by Gasteiger charge is -2.09. The molecule has 128 valence electrons. The molecule has 2 rings (SSSR count). The summed E-state index contributed by atoms with van der Waals surface area (Å²) in [6.45, 7) is -2.37. The number of carbonyl (C=O) groups is 1. The van der Waals surface area contributed by atoms with Crippen LogP contribution in [0.15, 0.2) is 48.5 Å². The fraction of sp³-hybridized carbons (Fsp3) is 0.235. The van der Waals surface area contributed by atoms with E-state index in [0.29, 0.717) is 18.7 Å². The molecule has 0 bridgehead atoms. The van der Waals surface area contributed by atoms with Crippen molar-refractivity contribution in [3.63, 3.8) is 0 Å². The molecule has 24 heavy (non-hydrogen) atoms. The number of hydrogen-bond acceptors (Lipinski definition) is 3. The molecule has 0 saturated carbocycles. The first-order valence-electron chi connectivity index (χ1n) is 7.33. The van der Waals surface area contributed by atoms with Crippen molar-refractivity contribution < 1.29 is 22.7 Å². The molecule has 7 heteroatoms. The highest BCUT2D eigenvalue weighted by molar-refractivity contribution is 5.80. The molecule has 2 aromatic carbocycles. The number of alkyl halides is 2. The minimum atomic E-state index is -2.87. The fourth-order valence-corrected chi connectivity index (χ4v) is 2.00. The number of carbonyl (C=O) groups excluding carboxylic acids is 1. The fourth-order valence-electron chi connectivity index (χ4n) is 2.00. The van der Waals surface area contributed by atoms with Crippen LogP contribution in [0.5, 0.6) is 5.75 Å². The second-order valence-electron chi connectivity index (χ2n) is 4.98. The molecule has 0 aliphatic carbocycles. The van der Waals surface area contributed by atoms with Gasteiger partial charge in [0.05, 0.1) is 6.54 Å². The largest absolute Gasteiger partial charge is 0.435 e. The summed E-state index contributed by atoms with van der Waals surface area (Å²) in [4.78, 5) is 11.7. The minimum absolute atomic E-state index is 0.0540. The number of amides is 1. The Morgan fingerprint density at radius 3 is 2.33 bits per heavy atom. The summed E-state index contributed by atoms with van der Waals surface area (Å²) < 4.78 is 41.0. The van der Waals surface area contributed by atoms with Crippen LogP contribution in [0.2, 0.25) is 0 Å². The van der Waals surface area contributed by atoms with Gasteiger partial charge in [-0.05, 0) is 48.4 Å². The molecule has 0 heterocycles. The van der Waals surface area contributed by atoms with E-state index in [0.717, 1.165) is 5.56 Å². The topological polar surface area (TPSA) is 50.4 Å². The van der Waals surface area contributed by atoms with E-state index in [2.05, 4.69) is 15.4 Å². The summed E-state index contributed by atoms with van der Waals surface area (Å²) in [6.07, 6.45) is 0.603. The third-order valence-electron chi connectivity index (χ3n) is 3.18.